The third-order valence-corrected chi connectivity index (χ3v) is 7.92. The molecule has 10 nitrogen and oxygen atoms in total. The van der Waals surface area contributed by atoms with Crippen LogP contribution < -0.4 is 15.4 Å². The van der Waals surface area contributed by atoms with Crippen LogP contribution in [-0.2, 0) is 14.4 Å². The van der Waals surface area contributed by atoms with Crippen molar-refractivity contribution in [1.29, 1.82) is 0 Å². The predicted octanol–water partition coefficient (Wildman–Crippen LogP) is 1.25. The molecule has 1 aromatic heterocycles. The molecule has 1 unspecified atom stereocenters. The molecule has 36 heavy (non-hydrogen) atoms. The van der Waals surface area contributed by atoms with Crippen LogP contribution in [0.25, 0.3) is 11.0 Å². The first-order chi connectivity index (χ1) is 17.4. The van der Waals surface area contributed by atoms with Crippen molar-refractivity contribution in [2.24, 2.45) is 17.8 Å². The molecule has 1 aromatic carbocycles. The number of nitrogens with zero attached hydrogens (tertiary/aromatic N) is 1. The number of likely N-dealkylation sites (tertiary alicyclic amines) is 1. The molecular formula is C26H31N3O7. The van der Waals surface area contributed by atoms with Crippen LogP contribution in [0.1, 0.15) is 42.7 Å². The number of nitrogens with one attached hydrogen (secondary N) is 2. The number of rotatable bonds is 8. The van der Waals surface area contributed by atoms with E-state index < -0.39 is 36.3 Å². The van der Waals surface area contributed by atoms with Gasteiger partial charge in [-0.05, 0) is 49.7 Å². The summed E-state index contributed by atoms with van der Waals surface area (Å²) in [4.78, 5) is 53.3. The Morgan fingerprint density at radius 2 is 2.11 bits per heavy atom. The van der Waals surface area contributed by atoms with Gasteiger partial charge in [-0.1, -0.05) is 12.5 Å². The minimum absolute atomic E-state index is 0.0208. The summed E-state index contributed by atoms with van der Waals surface area (Å²) in [7, 11) is 1.55. The summed E-state index contributed by atoms with van der Waals surface area (Å²) in [5.74, 6) is -1.05. The second kappa shape index (κ2) is 9.93. The number of aliphatic hydroxyl groups is 1. The summed E-state index contributed by atoms with van der Waals surface area (Å²) in [5.41, 5.74) is 0.515. The van der Waals surface area contributed by atoms with Crippen LogP contribution in [0.3, 0.4) is 0 Å². The Balaban J connectivity index is 1.39. The lowest BCUT2D eigenvalue weighted by Crippen LogP contribution is -2.53. The lowest BCUT2D eigenvalue weighted by atomic mass is 9.92. The van der Waals surface area contributed by atoms with E-state index in [0.29, 0.717) is 36.2 Å². The molecule has 5 atom stereocenters. The van der Waals surface area contributed by atoms with Crippen LogP contribution in [0.15, 0.2) is 28.7 Å². The van der Waals surface area contributed by atoms with E-state index in [-0.39, 0.29) is 35.8 Å². The second-order valence-electron chi connectivity index (χ2n) is 9.94. The normalized spacial score (nSPS) is 26.1. The van der Waals surface area contributed by atoms with Gasteiger partial charge in [0.1, 0.15) is 24.0 Å². The van der Waals surface area contributed by atoms with E-state index in [4.69, 9.17) is 9.15 Å². The Kier molecular flexibility index (Phi) is 6.70. The molecule has 1 saturated carbocycles. The van der Waals surface area contributed by atoms with Crippen molar-refractivity contribution in [1.82, 2.24) is 15.5 Å². The molecule has 3 N–H and O–H groups in total. The van der Waals surface area contributed by atoms with Gasteiger partial charge in [0, 0.05) is 25.1 Å². The van der Waals surface area contributed by atoms with Crippen molar-refractivity contribution < 1.29 is 33.4 Å². The molecule has 2 saturated heterocycles. The summed E-state index contributed by atoms with van der Waals surface area (Å²) in [6.07, 6.45) is 3.40. The van der Waals surface area contributed by atoms with Gasteiger partial charge in [0.05, 0.1) is 18.5 Å². The minimum atomic E-state index is -0.996. The van der Waals surface area contributed by atoms with Gasteiger partial charge in [-0.25, -0.2) is 0 Å². The standard InChI is InChI=1S/C26H31N3O7/c1-35-20-6-3-7-21-17(20)11-22(36-21)26(34)29-12-15-4-2-5-16(15)23(29)25(33)28-18(19(31)13-30)10-14-8-9-27-24(14)32/h3,6-7,11,14-16,18,23,30H,2,4-5,8-10,12-13H2,1H3,(H,27,32)(H,28,33)/t14-,15-,16-,18?,23-/m0/s1. The van der Waals surface area contributed by atoms with Crippen molar-refractivity contribution in [2.75, 3.05) is 26.8 Å². The van der Waals surface area contributed by atoms with E-state index in [2.05, 4.69) is 10.6 Å². The van der Waals surface area contributed by atoms with Crippen molar-refractivity contribution in [2.45, 2.75) is 44.2 Å². The average molecular weight is 498 g/mol. The van der Waals surface area contributed by atoms with Gasteiger partial charge in [-0.15, -0.1) is 0 Å². The monoisotopic (exact) mass is 497 g/mol. The number of ether oxygens (including phenoxy) is 1. The fraction of sp³-hybridized carbons (Fsp3) is 0.538. The van der Waals surface area contributed by atoms with Crippen molar-refractivity contribution in [3.63, 3.8) is 0 Å². The van der Waals surface area contributed by atoms with Crippen molar-refractivity contribution in [3.05, 3.63) is 30.0 Å². The highest BCUT2D eigenvalue weighted by molar-refractivity contribution is 6.01. The molecule has 0 radical (unpaired) electrons. The lowest BCUT2D eigenvalue weighted by Gasteiger charge is -2.28. The zero-order valence-corrected chi connectivity index (χ0v) is 20.2. The molecule has 0 bridgehead atoms. The number of carbonyl (C=O) groups is 4. The average Bonchev–Trinajstić information content (AvgIpc) is 3.66. The molecular weight excluding hydrogens is 466 g/mol. The fourth-order valence-corrected chi connectivity index (χ4v) is 6.10. The smallest absolute Gasteiger partial charge is 0.290 e. The van der Waals surface area contributed by atoms with Gasteiger partial charge < -0.3 is 29.8 Å². The number of hydrogen-bond donors (Lipinski definition) is 3. The molecule has 10 heteroatoms. The lowest BCUT2D eigenvalue weighted by molar-refractivity contribution is -0.133. The van der Waals surface area contributed by atoms with E-state index in [1.54, 1.807) is 36.3 Å². The first kappa shape index (κ1) is 24.3. The van der Waals surface area contributed by atoms with Gasteiger partial charge in [0.15, 0.2) is 11.5 Å². The Morgan fingerprint density at radius 1 is 1.28 bits per heavy atom. The minimum Gasteiger partial charge on any atom is -0.496 e. The number of fused-ring (bicyclic) bond motifs is 2. The Labute approximate surface area is 208 Å². The predicted molar refractivity (Wildman–Crippen MR) is 128 cm³/mol. The Hall–Kier alpha value is -3.40. The molecule has 1 aliphatic carbocycles. The van der Waals surface area contributed by atoms with Gasteiger partial charge in [-0.3, -0.25) is 19.2 Å². The third-order valence-electron chi connectivity index (χ3n) is 7.92. The molecule has 3 fully saturated rings. The Bertz CT molecular complexity index is 1190. The van der Waals surface area contributed by atoms with Gasteiger partial charge in [-0.2, -0.15) is 0 Å². The molecule has 192 valence electrons. The fourth-order valence-electron chi connectivity index (χ4n) is 6.10. The van der Waals surface area contributed by atoms with Crippen LogP contribution in [0.2, 0.25) is 0 Å². The summed E-state index contributed by atoms with van der Waals surface area (Å²) >= 11 is 0. The highest BCUT2D eigenvalue weighted by atomic mass is 16.5. The Morgan fingerprint density at radius 3 is 2.83 bits per heavy atom. The topological polar surface area (TPSA) is 138 Å². The SMILES string of the molecule is COc1cccc2oc(C(=O)N3C[C@@H]4CCC[C@@H]4[C@H]3C(=O)NC(C[C@@H]3CCNC3=O)C(=O)CO)cc12. The first-order valence-corrected chi connectivity index (χ1v) is 12.5. The summed E-state index contributed by atoms with van der Waals surface area (Å²) in [6.45, 7) is 0.216. The maximum Gasteiger partial charge on any atom is 0.290 e. The second-order valence-corrected chi connectivity index (χ2v) is 9.94. The highest BCUT2D eigenvalue weighted by Gasteiger charge is 2.50. The molecule has 2 aromatic rings. The van der Waals surface area contributed by atoms with Crippen LogP contribution in [0.5, 0.6) is 5.75 Å². The number of Topliss-reactive ketones (excluding diaryl/α,β-unsaturated/α-hetero) is 1. The van der Waals surface area contributed by atoms with Gasteiger partial charge in [0.2, 0.25) is 11.8 Å². The van der Waals surface area contributed by atoms with E-state index in [9.17, 15) is 24.3 Å². The summed E-state index contributed by atoms with van der Waals surface area (Å²) < 4.78 is 11.2. The van der Waals surface area contributed by atoms with Gasteiger partial charge in [0.25, 0.3) is 5.91 Å². The summed E-state index contributed by atoms with van der Waals surface area (Å²) in [6, 6.07) is 5.19. The molecule has 5 rings (SSSR count). The number of hydrogen-bond acceptors (Lipinski definition) is 7. The molecule has 0 spiro atoms. The zero-order valence-electron chi connectivity index (χ0n) is 20.2. The number of amides is 3. The van der Waals surface area contributed by atoms with E-state index in [0.717, 1.165) is 19.3 Å². The summed E-state index contributed by atoms with van der Waals surface area (Å²) in [5, 5.41) is 15.7. The van der Waals surface area contributed by atoms with Gasteiger partial charge >= 0.3 is 0 Å². The maximum atomic E-state index is 13.6. The highest BCUT2D eigenvalue weighted by Crippen LogP contribution is 2.43. The maximum absolute atomic E-state index is 13.6. The van der Waals surface area contributed by atoms with E-state index >= 15 is 0 Å². The number of furan rings is 1. The number of methoxy groups -OCH3 is 1. The number of aliphatic hydroxyl groups excluding tert-OH is 1. The van der Waals surface area contributed by atoms with E-state index in [1.165, 1.54) is 0 Å². The molecule has 2 aliphatic heterocycles. The number of carbonyl (C=O) groups excluding carboxylic acids is 4. The molecule has 3 amide bonds. The largest absolute Gasteiger partial charge is 0.496 e. The molecule has 3 heterocycles. The number of ketones is 1. The van der Waals surface area contributed by atoms with E-state index in [1.807, 2.05) is 0 Å². The van der Waals surface area contributed by atoms with Crippen LogP contribution in [0.4, 0.5) is 0 Å². The van der Waals surface area contributed by atoms with Crippen LogP contribution in [0, 0.1) is 17.8 Å². The van der Waals surface area contributed by atoms with Crippen molar-refractivity contribution in [3.8, 4) is 5.75 Å². The van der Waals surface area contributed by atoms with Crippen molar-refractivity contribution >= 4 is 34.5 Å². The number of benzene rings is 1. The first-order valence-electron chi connectivity index (χ1n) is 12.5. The third kappa shape index (κ3) is 4.34. The zero-order chi connectivity index (χ0) is 25.4. The molecule has 3 aliphatic rings. The van der Waals surface area contributed by atoms with Crippen LogP contribution in [-0.4, -0.2) is 72.4 Å². The van der Waals surface area contributed by atoms with Crippen LogP contribution >= 0.6 is 0 Å². The quantitative estimate of drug-likeness (QED) is 0.499.